The fraction of sp³-hybridized carbons (Fsp3) is 0.188. The summed E-state index contributed by atoms with van der Waals surface area (Å²) < 4.78 is 10.7. The highest BCUT2D eigenvalue weighted by Crippen LogP contribution is 2.44. The fourth-order valence-corrected chi connectivity index (χ4v) is 2.80. The number of Topliss-reactive ketones (excluding diaryl/α,β-unsaturated/α-hetero) is 1. The number of para-hydroxylation sites is 1. The van der Waals surface area contributed by atoms with E-state index in [1.54, 1.807) is 36.4 Å². The standard InChI is InChI=1S/C16H12Cl2O3/c1-20-13-5-3-2-4-11(13)14(19)16-15(21-16)10-7-6-9(17)8-12(10)18/h2-8,15-16H,1H3/t15-,16-/m1/s1. The molecule has 0 N–H and O–H groups in total. The lowest BCUT2D eigenvalue weighted by atomic mass is 10.0. The number of benzene rings is 2. The Labute approximate surface area is 132 Å². The van der Waals surface area contributed by atoms with E-state index in [0.717, 1.165) is 5.56 Å². The van der Waals surface area contributed by atoms with Gasteiger partial charge in [0.15, 0.2) is 11.9 Å². The number of ketones is 1. The molecular weight excluding hydrogens is 311 g/mol. The third kappa shape index (κ3) is 2.77. The topological polar surface area (TPSA) is 38.8 Å². The summed E-state index contributed by atoms with van der Waals surface area (Å²) in [6.07, 6.45) is -0.854. The number of hydrogen-bond donors (Lipinski definition) is 0. The first kappa shape index (κ1) is 14.4. The quantitative estimate of drug-likeness (QED) is 0.621. The fourth-order valence-electron chi connectivity index (χ4n) is 2.28. The molecule has 0 aliphatic carbocycles. The summed E-state index contributed by atoms with van der Waals surface area (Å²) in [5.41, 5.74) is 1.28. The first-order chi connectivity index (χ1) is 10.1. The van der Waals surface area contributed by atoms with Crippen LogP contribution in [0.4, 0.5) is 0 Å². The Hall–Kier alpha value is -1.55. The summed E-state index contributed by atoms with van der Waals surface area (Å²) in [5.74, 6) is 0.433. The van der Waals surface area contributed by atoms with Crippen molar-refractivity contribution >= 4 is 29.0 Å². The lowest BCUT2D eigenvalue weighted by molar-refractivity contribution is 0.0950. The highest BCUT2D eigenvalue weighted by Gasteiger charge is 2.47. The van der Waals surface area contributed by atoms with E-state index in [4.69, 9.17) is 32.7 Å². The second-order valence-corrected chi connectivity index (χ2v) is 5.55. The van der Waals surface area contributed by atoms with Crippen molar-refractivity contribution in [2.45, 2.75) is 12.2 Å². The second-order valence-electron chi connectivity index (χ2n) is 4.71. The third-order valence-electron chi connectivity index (χ3n) is 3.39. The average Bonchev–Trinajstić information content (AvgIpc) is 3.26. The van der Waals surface area contributed by atoms with E-state index in [9.17, 15) is 4.79 Å². The molecule has 1 fully saturated rings. The first-order valence-electron chi connectivity index (χ1n) is 6.39. The zero-order valence-electron chi connectivity index (χ0n) is 11.2. The molecule has 0 amide bonds. The van der Waals surface area contributed by atoms with Crippen LogP contribution in [0.3, 0.4) is 0 Å². The van der Waals surface area contributed by atoms with Gasteiger partial charge in [-0.3, -0.25) is 4.79 Å². The van der Waals surface area contributed by atoms with E-state index in [1.165, 1.54) is 7.11 Å². The molecule has 0 unspecified atom stereocenters. The van der Waals surface area contributed by atoms with Crippen LogP contribution in [-0.4, -0.2) is 19.0 Å². The summed E-state index contributed by atoms with van der Waals surface area (Å²) in [4.78, 5) is 12.5. The highest BCUT2D eigenvalue weighted by atomic mass is 35.5. The smallest absolute Gasteiger partial charge is 0.198 e. The van der Waals surface area contributed by atoms with Crippen LogP contribution in [0.5, 0.6) is 5.75 Å². The number of methoxy groups -OCH3 is 1. The van der Waals surface area contributed by atoms with Gasteiger partial charge in [0.25, 0.3) is 0 Å². The Bertz CT molecular complexity index is 700. The molecule has 1 aliphatic heterocycles. The van der Waals surface area contributed by atoms with Gasteiger partial charge >= 0.3 is 0 Å². The van der Waals surface area contributed by atoms with Gasteiger partial charge in [-0.05, 0) is 24.3 Å². The molecule has 21 heavy (non-hydrogen) atoms. The van der Waals surface area contributed by atoms with Crippen LogP contribution >= 0.6 is 23.2 Å². The van der Waals surface area contributed by atoms with Gasteiger partial charge in [-0.15, -0.1) is 0 Å². The van der Waals surface area contributed by atoms with Gasteiger partial charge in [0.1, 0.15) is 11.9 Å². The summed E-state index contributed by atoms with van der Waals surface area (Å²) in [5, 5.41) is 1.06. The molecule has 2 aromatic rings. The van der Waals surface area contributed by atoms with Crippen molar-refractivity contribution in [2.75, 3.05) is 7.11 Å². The molecule has 108 valence electrons. The SMILES string of the molecule is COc1ccccc1C(=O)[C@H]1O[C@@H]1c1ccc(Cl)cc1Cl. The monoisotopic (exact) mass is 322 g/mol. The summed E-state index contributed by atoms with van der Waals surface area (Å²) in [6, 6.07) is 12.2. The minimum atomic E-state index is -0.528. The molecule has 0 aromatic heterocycles. The third-order valence-corrected chi connectivity index (χ3v) is 3.95. The van der Waals surface area contributed by atoms with Crippen molar-refractivity contribution in [1.82, 2.24) is 0 Å². The molecule has 2 aromatic carbocycles. The van der Waals surface area contributed by atoms with Crippen molar-refractivity contribution in [2.24, 2.45) is 0 Å². The molecule has 0 radical (unpaired) electrons. The number of ether oxygens (including phenoxy) is 2. The molecule has 3 rings (SSSR count). The van der Waals surface area contributed by atoms with Gasteiger partial charge in [0.2, 0.25) is 0 Å². The molecule has 1 aliphatic rings. The molecule has 3 nitrogen and oxygen atoms in total. The molecule has 1 saturated heterocycles. The van der Waals surface area contributed by atoms with Crippen molar-refractivity contribution in [1.29, 1.82) is 0 Å². The number of carbonyl (C=O) groups is 1. The van der Waals surface area contributed by atoms with E-state index < -0.39 is 6.10 Å². The molecule has 0 bridgehead atoms. The minimum Gasteiger partial charge on any atom is -0.496 e. The Morgan fingerprint density at radius 3 is 2.67 bits per heavy atom. The predicted octanol–water partition coefficient (Wildman–Crippen LogP) is 4.32. The predicted molar refractivity (Wildman–Crippen MR) is 81.4 cm³/mol. The average molecular weight is 323 g/mol. The van der Waals surface area contributed by atoms with Crippen LogP contribution in [0, 0.1) is 0 Å². The Morgan fingerprint density at radius 1 is 1.19 bits per heavy atom. The van der Waals surface area contributed by atoms with Crippen molar-refractivity contribution in [3.63, 3.8) is 0 Å². The first-order valence-corrected chi connectivity index (χ1v) is 7.15. The summed E-state index contributed by atoms with van der Waals surface area (Å²) >= 11 is 12.0. The maximum absolute atomic E-state index is 12.5. The van der Waals surface area contributed by atoms with Gasteiger partial charge in [-0.1, -0.05) is 41.4 Å². The van der Waals surface area contributed by atoms with E-state index in [-0.39, 0.29) is 11.9 Å². The van der Waals surface area contributed by atoms with Gasteiger partial charge in [0, 0.05) is 15.6 Å². The molecule has 0 spiro atoms. The largest absolute Gasteiger partial charge is 0.496 e. The van der Waals surface area contributed by atoms with Crippen LogP contribution in [0.1, 0.15) is 22.0 Å². The zero-order chi connectivity index (χ0) is 15.0. The van der Waals surface area contributed by atoms with Gasteiger partial charge in [-0.2, -0.15) is 0 Å². The molecular formula is C16H12Cl2O3. The lowest BCUT2D eigenvalue weighted by Crippen LogP contribution is -2.10. The van der Waals surface area contributed by atoms with Crippen molar-refractivity contribution < 1.29 is 14.3 Å². The van der Waals surface area contributed by atoms with Gasteiger partial charge < -0.3 is 9.47 Å². The maximum Gasteiger partial charge on any atom is 0.198 e. The van der Waals surface area contributed by atoms with E-state index in [0.29, 0.717) is 21.4 Å². The summed E-state index contributed by atoms with van der Waals surface area (Å²) in [7, 11) is 1.54. The zero-order valence-corrected chi connectivity index (χ0v) is 12.7. The van der Waals surface area contributed by atoms with Crippen LogP contribution < -0.4 is 4.74 Å². The van der Waals surface area contributed by atoms with Gasteiger partial charge in [0.05, 0.1) is 12.7 Å². The maximum atomic E-state index is 12.5. The molecule has 5 heteroatoms. The molecule has 1 heterocycles. The molecule has 0 saturated carbocycles. The Kier molecular flexibility index (Phi) is 3.89. The second kappa shape index (κ2) is 5.68. The van der Waals surface area contributed by atoms with Crippen LogP contribution in [-0.2, 0) is 4.74 Å². The van der Waals surface area contributed by atoms with Gasteiger partial charge in [-0.25, -0.2) is 0 Å². The van der Waals surface area contributed by atoms with E-state index in [1.807, 2.05) is 6.07 Å². The van der Waals surface area contributed by atoms with Crippen LogP contribution in [0.15, 0.2) is 42.5 Å². The highest BCUT2D eigenvalue weighted by molar-refractivity contribution is 6.35. The van der Waals surface area contributed by atoms with E-state index in [2.05, 4.69) is 0 Å². The summed E-state index contributed by atoms with van der Waals surface area (Å²) in [6.45, 7) is 0. The molecule has 2 atom stereocenters. The Morgan fingerprint density at radius 2 is 1.95 bits per heavy atom. The van der Waals surface area contributed by atoms with Crippen molar-refractivity contribution in [3.05, 3.63) is 63.6 Å². The van der Waals surface area contributed by atoms with Crippen LogP contribution in [0.25, 0.3) is 0 Å². The number of rotatable bonds is 4. The number of epoxide rings is 1. The number of halogens is 2. The van der Waals surface area contributed by atoms with E-state index >= 15 is 0 Å². The minimum absolute atomic E-state index is 0.108. The van der Waals surface area contributed by atoms with Crippen molar-refractivity contribution in [3.8, 4) is 5.75 Å². The lowest BCUT2D eigenvalue weighted by Gasteiger charge is -2.05. The number of hydrogen-bond acceptors (Lipinski definition) is 3. The van der Waals surface area contributed by atoms with Crippen LogP contribution in [0.2, 0.25) is 10.0 Å². The normalized spacial score (nSPS) is 20.1. The number of carbonyl (C=O) groups excluding carboxylic acids is 1. The Balaban J connectivity index is 1.83.